The number of carbonyl (C=O) groups excluding carboxylic acids is 1. The highest BCUT2D eigenvalue weighted by Crippen LogP contribution is 2.23. The number of anilines is 2. The number of nitrogen functional groups attached to an aromatic ring is 1. The quantitative estimate of drug-likeness (QED) is 0.796. The lowest BCUT2D eigenvalue weighted by Gasteiger charge is -2.09. The molecular formula is C11H12N4OS. The second kappa shape index (κ2) is 4.50. The van der Waals surface area contributed by atoms with Crippen molar-refractivity contribution in [3.8, 4) is 0 Å². The van der Waals surface area contributed by atoms with E-state index in [9.17, 15) is 4.79 Å². The molecule has 1 aromatic carbocycles. The third-order valence-electron chi connectivity index (χ3n) is 2.51. The van der Waals surface area contributed by atoms with Crippen molar-refractivity contribution in [1.82, 2.24) is 9.59 Å². The van der Waals surface area contributed by atoms with Crippen molar-refractivity contribution in [1.29, 1.82) is 0 Å². The minimum absolute atomic E-state index is 0.297. The van der Waals surface area contributed by atoms with Gasteiger partial charge in [-0.05, 0) is 48.6 Å². The van der Waals surface area contributed by atoms with Crippen LogP contribution in [-0.4, -0.2) is 15.5 Å². The summed E-state index contributed by atoms with van der Waals surface area (Å²) in [6.07, 6.45) is 0. The molecule has 88 valence electrons. The van der Waals surface area contributed by atoms with Gasteiger partial charge in [0.15, 0.2) is 5.69 Å². The molecule has 0 aliphatic rings. The van der Waals surface area contributed by atoms with Gasteiger partial charge in [0.05, 0.1) is 11.4 Å². The number of rotatable bonds is 2. The summed E-state index contributed by atoms with van der Waals surface area (Å²) in [4.78, 5) is 11.8. The molecule has 0 aliphatic heterocycles. The smallest absolute Gasteiger partial charge is 0.277 e. The van der Waals surface area contributed by atoms with Gasteiger partial charge in [0, 0.05) is 5.38 Å². The number of hydrogen-bond acceptors (Lipinski definition) is 5. The predicted molar refractivity (Wildman–Crippen MR) is 68.2 cm³/mol. The first kappa shape index (κ1) is 11.5. The lowest BCUT2D eigenvalue weighted by molar-refractivity contribution is 0.102. The van der Waals surface area contributed by atoms with Crippen molar-refractivity contribution in [2.75, 3.05) is 11.1 Å². The molecule has 2 aromatic rings. The second-order valence-corrected chi connectivity index (χ2v) is 4.38. The van der Waals surface area contributed by atoms with Crippen LogP contribution in [0.15, 0.2) is 17.5 Å². The van der Waals surface area contributed by atoms with Crippen LogP contribution in [0, 0.1) is 13.8 Å². The average Bonchev–Trinajstić information content (AvgIpc) is 2.79. The molecule has 0 aliphatic carbocycles. The molecular weight excluding hydrogens is 236 g/mol. The number of hydrogen-bond donors (Lipinski definition) is 2. The topological polar surface area (TPSA) is 80.9 Å². The minimum Gasteiger partial charge on any atom is -0.397 e. The first-order valence-electron chi connectivity index (χ1n) is 5.03. The number of aryl methyl sites for hydroxylation is 2. The zero-order valence-corrected chi connectivity index (χ0v) is 10.3. The van der Waals surface area contributed by atoms with Crippen LogP contribution in [0.5, 0.6) is 0 Å². The van der Waals surface area contributed by atoms with Crippen LogP contribution in [0.1, 0.15) is 21.6 Å². The summed E-state index contributed by atoms with van der Waals surface area (Å²) >= 11 is 1.14. The van der Waals surface area contributed by atoms with Gasteiger partial charge in [-0.25, -0.2) is 0 Å². The lowest BCUT2D eigenvalue weighted by atomic mass is 10.1. The first-order chi connectivity index (χ1) is 8.08. The summed E-state index contributed by atoms with van der Waals surface area (Å²) in [5, 5.41) is 8.01. The predicted octanol–water partition coefficient (Wildman–Crippen LogP) is 1.99. The highest BCUT2D eigenvalue weighted by atomic mass is 32.1. The number of carbonyl (C=O) groups is 1. The van der Waals surface area contributed by atoms with Gasteiger partial charge in [-0.3, -0.25) is 4.79 Å². The first-order valence-corrected chi connectivity index (χ1v) is 5.86. The monoisotopic (exact) mass is 248 g/mol. The average molecular weight is 248 g/mol. The number of nitrogens with one attached hydrogen (secondary N) is 1. The maximum atomic E-state index is 11.8. The van der Waals surface area contributed by atoms with Crippen LogP contribution in [0.4, 0.5) is 11.4 Å². The zero-order valence-electron chi connectivity index (χ0n) is 9.52. The van der Waals surface area contributed by atoms with Crippen LogP contribution < -0.4 is 11.1 Å². The summed E-state index contributed by atoms with van der Waals surface area (Å²) < 4.78 is 3.64. The number of amides is 1. The molecule has 0 spiro atoms. The van der Waals surface area contributed by atoms with E-state index in [0.717, 1.165) is 22.7 Å². The fourth-order valence-corrected chi connectivity index (χ4v) is 1.83. The maximum Gasteiger partial charge on any atom is 0.277 e. The van der Waals surface area contributed by atoms with Gasteiger partial charge in [0.2, 0.25) is 0 Å². The SMILES string of the molecule is Cc1cc(N)c(NC(=O)c2csnn2)cc1C. The van der Waals surface area contributed by atoms with Crippen LogP contribution in [0.3, 0.4) is 0 Å². The minimum atomic E-state index is -0.297. The molecule has 3 N–H and O–H groups in total. The van der Waals surface area contributed by atoms with Crippen LogP contribution in [-0.2, 0) is 0 Å². The number of aromatic nitrogens is 2. The fourth-order valence-electron chi connectivity index (χ4n) is 1.40. The van der Waals surface area contributed by atoms with E-state index >= 15 is 0 Å². The third kappa shape index (κ3) is 2.42. The fraction of sp³-hybridized carbons (Fsp3) is 0.182. The van der Waals surface area contributed by atoms with Crippen molar-refractivity contribution in [2.24, 2.45) is 0 Å². The molecule has 0 unspecified atom stereocenters. The van der Waals surface area contributed by atoms with Gasteiger partial charge < -0.3 is 11.1 Å². The van der Waals surface area contributed by atoms with Gasteiger partial charge >= 0.3 is 0 Å². The Balaban J connectivity index is 2.25. The van der Waals surface area contributed by atoms with E-state index in [1.54, 1.807) is 5.38 Å². The molecule has 5 nitrogen and oxygen atoms in total. The Morgan fingerprint density at radius 1 is 1.35 bits per heavy atom. The Morgan fingerprint density at radius 2 is 2.06 bits per heavy atom. The van der Waals surface area contributed by atoms with Crippen molar-refractivity contribution < 1.29 is 4.79 Å². The summed E-state index contributed by atoms with van der Waals surface area (Å²) in [7, 11) is 0. The van der Waals surface area contributed by atoms with Gasteiger partial charge in [-0.1, -0.05) is 4.49 Å². The second-order valence-electron chi connectivity index (χ2n) is 3.77. The normalized spacial score (nSPS) is 10.2. The molecule has 6 heteroatoms. The molecule has 0 radical (unpaired) electrons. The Hall–Kier alpha value is -1.95. The molecule has 0 fully saturated rings. The van der Waals surface area contributed by atoms with E-state index < -0.39 is 0 Å². The summed E-state index contributed by atoms with van der Waals surface area (Å²) in [5.74, 6) is -0.297. The van der Waals surface area contributed by atoms with E-state index in [4.69, 9.17) is 5.73 Å². The molecule has 1 aromatic heterocycles. The number of benzene rings is 1. The van der Waals surface area contributed by atoms with E-state index in [2.05, 4.69) is 14.9 Å². The molecule has 1 amide bonds. The van der Waals surface area contributed by atoms with E-state index in [1.165, 1.54) is 0 Å². The van der Waals surface area contributed by atoms with Crippen molar-refractivity contribution in [3.63, 3.8) is 0 Å². The van der Waals surface area contributed by atoms with Crippen LogP contribution >= 0.6 is 11.5 Å². The Morgan fingerprint density at radius 3 is 2.71 bits per heavy atom. The highest BCUT2D eigenvalue weighted by molar-refractivity contribution is 7.03. The summed E-state index contributed by atoms with van der Waals surface area (Å²) in [6, 6.07) is 3.69. The molecule has 0 saturated carbocycles. The van der Waals surface area contributed by atoms with Gasteiger partial charge in [-0.2, -0.15) is 0 Å². The lowest BCUT2D eigenvalue weighted by Crippen LogP contribution is -2.14. The van der Waals surface area contributed by atoms with Crippen molar-refractivity contribution in [3.05, 3.63) is 34.3 Å². The molecule has 2 rings (SSSR count). The van der Waals surface area contributed by atoms with Gasteiger partial charge in [0.1, 0.15) is 0 Å². The maximum absolute atomic E-state index is 11.8. The van der Waals surface area contributed by atoms with Crippen molar-refractivity contribution in [2.45, 2.75) is 13.8 Å². The summed E-state index contributed by atoms with van der Waals surface area (Å²) in [6.45, 7) is 3.94. The zero-order chi connectivity index (χ0) is 12.4. The molecule has 0 atom stereocenters. The number of nitrogens with two attached hydrogens (primary N) is 1. The van der Waals surface area contributed by atoms with Crippen LogP contribution in [0.25, 0.3) is 0 Å². The molecule has 17 heavy (non-hydrogen) atoms. The standard InChI is InChI=1S/C11H12N4OS/c1-6-3-8(12)9(4-7(6)2)13-11(16)10-5-17-15-14-10/h3-5H,12H2,1-2H3,(H,13,16). The molecule has 1 heterocycles. The van der Waals surface area contributed by atoms with E-state index in [1.807, 2.05) is 26.0 Å². The number of nitrogens with zero attached hydrogens (tertiary/aromatic N) is 2. The highest BCUT2D eigenvalue weighted by Gasteiger charge is 2.11. The Kier molecular flexibility index (Phi) is 3.06. The largest absolute Gasteiger partial charge is 0.397 e. The van der Waals surface area contributed by atoms with Gasteiger partial charge in [0.25, 0.3) is 5.91 Å². The van der Waals surface area contributed by atoms with E-state index in [0.29, 0.717) is 17.1 Å². The Bertz CT molecular complexity index is 551. The third-order valence-corrected chi connectivity index (χ3v) is 3.01. The summed E-state index contributed by atoms with van der Waals surface area (Å²) in [5.41, 5.74) is 9.46. The van der Waals surface area contributed by atoms with E-state index in [-0.39, 0.29) is 5.91 Å². The molecule has 0 bridgehead atoms. The van der Waals surface area contributed by atoms with Crippen LogP contribution in [0.2, 0.25) is 0 Å². The molecule has 0 saturated heterocycles. The van der Waals surface area contributed by atoms with Crippen molar-refractivity contribution >= 4 is 28.8 Å². The Labute approximate surface area is 103 Å². The van der Waals surface area contributed by atoms with Gasteiger partial charge in [-0.15, -0.1) is 5.10 Å².